The van der Waals surface area contributed by atoms with E-state index >= 15 is 0 Å². The van der Waals surface area contributed by atoms with Gasteiger partial charge in [-0.15, -0.1) is 0 Å². The Hall–Kier alpha value is -1.09. The van der Waals surface area contributed by atoms with E-state index < -0.39 is 6.23 Å². The van der Waals surface area contributed by atoms with Crippen LogP contribution in [0.4, 0.5) is 0 Å². The molecule has 94 valence electrons. The second-order valence-electron chi connectivity index (χ2n) is 5.04. The molecule has 1 aliphatic heterocycles. The lowest BCUT2D eigenvalue weighted by Gasteiger charge is -2.23. The molecule has 0 aromatic heterocycles. The van der Waals surface area contributed by atoms with Crippen molar-refractivity contribution in [3.05, 3.63) is 22.8 Å². The summed E-state index contributed by atoms with van der Waals surface area (Å²) in [6.45, 7) is 4.26. The summed E-state index contributed by atoms with van der Waals surface area (Å²) in [6, 6.07) is 0. The minimum Gasteiger partial charge on any atom is -0.369 e. The van der Waals surface area contributed by atoms with E-state index in [4.69, 9.17) is 0 Å². The minimum atomic E-state index is -0.702. The van der Waals surface area contributed by atoms with E-state index in [1.54, 1.807) is 11.8 Å². The van der Waals surface area contributed by atoms with Gasteiger partial charge in [-0.1, -0.05) is 11.6 Å². The number of amides is 1. The molecule has 0 aromatic carbocycles. The zero-order valence-electron chi connectivity index (χ0n) is 10.7. The lowest BCUT2D eigenvalue weighted by molar-refractivity contribution is -0.131. The summed E-state index contributed by atoms with van der Waals surface area (Å²) in [4.78, 5) is 13.5. The van der Waals surface area contributed by atoms with Crippen molar-refractivity contribution in [3.63, 3.8) is 0 Å². The molecule has 1 heterocycles. The average molecular weight is 235 g/mol. The van der Waals surface area contributed by atoms with Gasteiger partial charge in [-0.05, 0) is 51.5 Å². The minimum absolute atomic E-state index is 0.00795. The third kappa shape index (κ3) is 2.44. The van der Waals surface area contributed by atoms with Crippen molar-refractivity contribution < 1.29 is 9.90 Å². The van der Waals surface area contributed by atoms with Gasteiger partial charge in [-0.2, -0.15) is 0 Å². The second kappa shape index (κ2) is 5.05. The van der Waals surface area contributed by atoms with E-state index in [0.717, 1.165) is 18.4 Å². The molecule has 0 radical (unpaired) electrons. The molecule has 1 aliphatic carbocycles. The molecule has 2 rings (SSSR count). The number of aliphatic hydroxyl groups excluding tert-OH is 1. The molecule has 3 nitrogen and oxygen atoms in total. The highest BCUT2D eigenvalue weighted by Crippen LogP contribution is 2.26. The first-order chi connectivity index (χ1) is 8.11. The maximum absolute atomic E-state index is 11.9. The summed E-state index contributed by atoms with van der Waals surface area (Å²) in [5.41, 5.74) is 2.95. The van der Waals surface area contributed by atoms with Gasteiger partial charge in [0.05, 0.1) is 0 Å². The first kappa shape index (κ1) is 12.4. The standard InChI is InChI=1S/C14H21NO2/c1-10-11(2)14(17)15(13(10)16)9-8-12-6-4-3-5-7-12/h6,13,16H,3-5,7-9H2,1-2H3. The maximum atomic E-state index is 11.9. The van der Waals surface area contributed by atoms with Crippen LogP contribution in [-0.2, 0) is 4.79 Å². The van der Waals surface area contributed by atoms with Crippen LogP contribution in [-0.4, -0.2) is 28.7 Å². The van der Waals surface area contributed by atoms with Crippen LogP contribution in [0.1, 0.15) is 46.0 Å². The summed E-state index contributed by atoms with van der Waals surface area (Å²) in [7, 11) is 0. The molecule has 1 unspecified atom stereocenters. The number of allylic oxidation sites excluding steroid dienone is 1. The van der Waals surface area contributed by atoms with Crippen molar-refractivity contribution in [2.24, 2.45) is 0 Å². The molecule has 3 heteroatoms. The lowest BCUT2D eigenvalue weighted by Crippen LogP contribution is -2.36. The van der Waals surface area contributed by atoms with Crippen LogP contribution >= 0.6 is 0 Å². The van der Waals surface area contributed by atoms with Crippen LogP contribution < -0.4 is 0 Å². The van der Waals surface area contributed by atoms with Crippen LogP contribution in [0.2, 0.25) is 0 Å². The molecule has 1 amide bonds. The van der Waals surface area contributed by atoms with E-state index in [0.29, 0.717) is 12.1 Å². The molecular weight excluding hydrogens is 214 g/mol. The highest BCUT2D eigenvalue weighted by atomic mass is 16.3. The fourth-order valence-corrected chi connectivity index (χ4v) is 2.54. The Bertz CT molecular complexity index is 382. The smallest absolute Gasteiger partial charge is 0.251 e. The van der Waals surface area contributed by atoms with Crippen molar-refractivity contribution >= 4 is 5.91 Å². The molecule has 0 saturated heterocycles. The molecule has 1 N–H and O–H groups in total. The Morgan fingerprint density at radius 2 is 2.18 bits per heavy atom. The van der Waals surface area contributed by atoms with Gasteiger partial charge in [-0.3, -0.25) is 4.79 Å². The zero-order chi connectivity index (χ0) is 12.4. The van der Waals surface area contributed by atoms with E-state index in [1.807, 2.05) is 6.92 Å². The predicted octanol–water partition coefficient (Wildman–Crippen LogP) is 2.37. The zero-order valence-corrected chi connectivity index (χ0v) is 10.7. The average Bonchev–Trinajstić information content (AvgIpc) is 2.54. The normalized spacial score (nSPS) is 25.6. The highest BCUT2D eigenvalue weighted by Gasteiger charge is 2.32. The molecule has 0 fully saturated rings. The van der Waals surface area contributed by atoms with E-state index in [-0.39, 0.29) is 5.91 Å². The number of hydrogen-bond donors (Lipinski definition) is 1. The summed E-state index contributed by atoms with van der Waals surface area (Å²) in [6.07, 6.45) is 7.37. The van der Waals surface area contributed by atoms with E-state index in [9.17, 15) is 9.90 Å². The van der Waals surface area contributed by atoms with Gasteiger partial charge in [0.15, 0.2) is 6.23 Å². The molecule has 2 aliphatic rings. The van der Waals surface area contributed by atoms with Crippen molar-refractivity contribution in [2.75, 3.05) is 6.54 Å². The largest absolute Gasteiger partial charge is 0.369 e. The predicted molar refractivity (Wildman–Crippen MR) is 67.3 cm³/mol. The van der Waals surface area contributed by atoms with Crippen LogP contribution in [0.5, 0.6) is 0 Å². The molecule has 0 bridgehead atoms. The van der Waals surface area contributed by atoms with Crippen LogP contribution in [0.25, 0.3) is 0 Å². The van der Waals surface area contributed by atoms with Crippen LogP contribution in [0.15, 0.2) is 22.8 Å². The van der Waals surface area contributed by atoms with Crippen molar-refractivity contribution in [2.45, 2.75) is 52.2 Å². The van der Waals surface area contributed by atoms with Gasteiger partial charge in [-0.25, -0.2) is 0 Å². The van der Waals surface area contributed by atoms with E-state index in [1.165, 1.54) is 24.8 Å². The number of carbonyl (C=O) groups is 1. The lowest BCUT2D eigenvalue weighted by atomic mass is 9.97. The Morgan fingerprint density at radius 1 is 1.41 bits per heavy atom. The number of rotatable bonds is 3. The maximum Gasteiger partial charge on any atom is 0.251 e. The first-order valence-corrected chi connectivity index (χ1v) is 6.45. The quantitative estimate of drug-likeness (QED) is 0.763. The Morgan fingerprint density at radius 3 is 2.71 bits per heavy atom. The second-order valence-corrected chi connectivity index (χ2v) is 5.04. The Balaban J connectivity index is 1.93. The highest BCUT2D eigenvalue weighted by molar-refractivity contribution is 5.96. The van der Waals surface area contributed by atoms with Gasteiger partial charge in [0.25, 0.3) is 5.91 Å². The summed E-state index contributed by atoms with van der Waals surface area (Å²) in [5, 5.41) is 9.96. The third-order valence-corrected chi connectivity index (χ3v) is 3.91. The van der Waals surface area contributed by atoms with E-state index in [2.05, 4.69) is 6.08 Å². The number of aliphatic hydroxyl groups is 1. The van der Waals surface area contributed by atoms with Crippen LogP contribution in [0.3, 0.4) is 0 Å². The van der Waals surface area contributed by atoms with Crippen molar-refractivity contribution in [1.82, 2.24) is 4.90 Å². The topological polar surface area (TPSA) is 40.5 Å². The Labute approximate surface area is 103 Å². The Kier molecular flexibility index (Phi) is 3.67. The number of nitrogens with zero attached hydrogens (tertiary/aromatic N) is 1. The summed E-state index contributed by atoms with van der Waals surface area (Å²) in [5.74, 6) is -0.00795. The fourth-order valence-electron chi connectivity index (χ4n) is 2.54. The van der Waals surface area contributed by atoms with Crippen molar-refractivity contribution in [1.29, 1.82) is 0 Å². The number of carbonyl (C=O) groups excluding carboxylic acids is 1. The number of hydrogen-bond acceptors (Lipinski definition) is 2. The monoisotopic (exact) mass is 235 g/mol. The molecule has 1 atom stereocenters. The summed E-state index contributed by atoms with van der Waals surface area (Å²) < 4.78 is 0. The van der Waals surface area contributed by atoms with Crippen LogP contribution in [0, 0.1) is 0 Å². The SMILES string of the molecule is CC1=C(C)C(O)N(CCC2=CCCCC2)C1=O. The molecular formula is C14H21NO2. The summed E-state index contributed by atoms with van der Waals surface area (Å²) >= 11 is 0. The first-order valence-electron chi connectivity index (χ1n) is 6.45. The molecule has 17 heavy (non-hydrogen) atoms. The van der Waals surface area contributed by atoms with Gasteiger partial charge >= 0.3 is 0 Å². The van der Waals surface area contributed by atoms with Gasteiger partial charge in [0.2, 0.25) is 0 Å². The van der Waals surface area contributed by atoms with Gasteiger partial charge < -0.3 is 10.0 Å². The van der Waals surface area contributed by atoms with Gasteiger partial charge in [0, 0.05) is 12.1 Å². The fraction of sp³-hybridized carbons (Fsp3) is 0.643. The van der Waals surface area contributed by atoms with Gasteiger partial charge in [0.1, 0.15) is 0 Å². The molecule has 0 spiro atoms. The third-order valence-electron chi connectivity index (χ3n) is 3.91. The molecule has 0 aromatic rings. The van der Waals surface area contributed by atoms with Crippen molar-refractivity contribution in [3.8, 4) is 0 Å². The molecule has 0 saturated carbocycles.